The Labute approximate surface area is 120 Å². The van der Waals surface area contributed by atoms with Crippen molar-refractivity contribution in [3.8, 4) is 16.2 Å². The third-order valence-corrected chi connectivity index (χ3v) is 3.70. The van der Waals surface area contributed by atoms with Crippen molar-refractivity contribution in [3.05, 3.63) is 35.0 Å². The van der Waals surface area contributed by atoms with Gasteiger partial charge in [-0.3, -0.25) is 0 Å². The molecule has 2 rings (SSSR count). The highest BCUT2D eigenvalue weighted by Crippen LogP contribution is 2.38. The van der Waals surface area contributed by atoms with E-state index in [-0.39, 0.29) is 0 Å². The van der Waals surface area contributed by atoms with Gasteiger partial charge in [0.15, 0.2) is 0 Å². The first-order valence-corrected chi connectivity index (χ1v) is 7.54. The summed E-state index contributed by atoms with van der Waals surface area (Å²) in [7, 11) is 1.73. The number of aromatic nitrogens is 1. The van der Waals surface area contributed by atoms with Gasteiger partial charge in [-0.25, -0.2) is 4.98 Å². The molecule has 0 atom stereocenters. The standard InChI is InChI=1S/C14H17NOS.C2H6/c1-9(2)11-6-5-7-12(14(11)16-4)13-8-15-10(3)17-13;1-2/h5-9H,1-4H3;1-2H3. The molecule has 0 unspecified atom stereocenters. The average Bonchev–Trinajstić information content (AvgIpc) is 2.86. The van der Waals surface area contributed by atoms with Crippen LogP contribution in [-0.4, -0.2) is 12.1 Å². The fourth-order valence-corrected chi connectivity index (χ4v) is 2.72. The average molecular weight is 277 g/mol. The lowest BCUT2D eigenvalue weighted by Crippen LogP contribution is -1.95. The van der Waals surface area contributed by atoms with Gasteiger partial charge >= 0.3 is 0 Å². The number of rotatable bonds is 3. The molecule has 104 valence electrons. The normalized spacial score (nSPS) is 10.1. The maximum absolute atomic E-state index is 5.58. The summed E-state index contributed by atoms with van der Waals surface area (Å²) in [6, 6.07) is 6.31. The predicted octanol–water partition coefficient (Wildman–Crippen LogP) is 5.28. The molecule has 0 spiro atoms. The Morgan fingerprint density at radius 1 is 1.21 bits per heavy atom. The largest absolute Gasteiger partial charge is 0.496 e. The number of para-hydroxylation sites is 1. The van der Waals surface area contributed by atoms with Gasteiger partial charge in [-0.05, 0) is 24.5 Å². The number of methoxy groups -OCH3 is 1. The lowest BCUT2D eigenvalue weighted by Gasteiger charge is -2.14. The number of aryl methyl sites for hydroxylation is 1. The number of thiazole rings is 1. The fraction of sp³-hybridized carbons (Fsp3) is 0.438. The first kappa shape index (κ1) is 15.7. The van der Waals surface area contributed by atoms with Crippen LogP contribution >= 0.6 is 11.3 Å². The van der Waals surface area contributed by atoms with Crippen LogP contribution in [0.25, 0.3) is 10.4 Å². The first-order chi connectivity index (χ1) is 9.13. The van der Waals surface area contributed by atoms with Crippen LogP contribution in [0.2, 0.25) is 0 Å². The van der Waals surface area contributed by atoms with Gasteiger partial charge in [0.2, 0.25) is 0 Å². The van der Waals surface area contributed by atoms with Gasteiger partial charge in [-0.15, -0.1) is 11.3 Å². The van der Waals surface area contributed by atoms with E-state index in [1.807, 2.05) is 27.0 Å². The van der Waals surface area contributed by atoms with Crippen LogP contribution in [0.5, 0.6) is 5.75 Å². The van der Waals surface area contributed by atoms with Crippen LogP contribution in [0.3, 0.4) is 0 Å². The molecule has 0 saturated heterocycles. The molecule has 19 heavy (non-hydrogen) atoms. The van der Waals surface area contributed by atoms with Crippen LogP contribution in [0.1, 0.15) is 44.2 Å². The third-order valence-electron chi connectivity index (χ3n) is 2.76. The van der Waals surface area contributed by atoms with Crippen molar-refractivity contribution in [3.63, 3.8) is 0 Å². The van der Waals surface area contributed by atoms with Crippen molar-refractivity contribution in [1.82, 2.24) is 4.98 Å². The van der Waals surface area contributed by atoms with E-state index >= 15 is 0 Å². The number of hydrogen-bond donors (Lipinski definition) is 0. The summed E-state index contributed by atoms with van der Waals surface area (Å²) < 4.78 is 5.58. The quantitative estimate of drug-likeness (QED) is 0.761. The lowest BCUT2D eigenvalue weighted by atomic mass is 9.98. The number of hydrogen-bond acceptors (Lipinski definition) is 3. The Morgan fingerprint density at radius 2 is 1.89 bits per heavy atom. The van der Waals surface area contributed by atoms with E-state index in [1.54, 1.807) is 18.4 Å². The van der Waals surface area contributed by atoms with Crippen molar-refractivity contribution in [2.75, 3.05) is 7.11 Å². The molecule has 2 aromatic rings. The Balaban J connectivity index is 0.000000861. The SMILES string of the molecule is CC.COc1c(-c2cnc(C)s2)cccc1C(C)C. The first-order valence-electron chi connectivity index (χ1n) is 6.73. The monoisotopic (exact) mass is 277 g/mol. The minimum Gasteiger partial charge on any atom is -0.496 e. The van der Waals surface area contributed by atoms with Crippen molar-refractivity contribution < 1.29 is 4.74 Å². The van der Waals surface area contributed by atoms with Gasteiger partial charge in [0.25, 0.3) is 0 Å². The second-order valence-electron chi connectivity index (χ2n) is 4.33. The molecule has 0 radical (unpaired) electrons. The maximum Gasteiger partial charge on any atom is 0.131 e. The van der Waals surface area contributed by atoms with E-state index in [9.17, 15) is 0 Å². The van der Waals surface area contributed by atoms with Crippen LogP contribution in [0.15, 0.2) is 24.4 Å². The van der Waals surface area contributed by atoms with Crippen LogP contribution in [0, 0.1) is 6.92 Å². The summed E-state index contributed by atoms with van der Waals surface area (Å²) in [5, 5.41) is 1.08. The van der Waals surface area contributed by atoms with Gasteiger partial charge in [0.1, 0.15) is 5.75 Å². The summed E-state index contributed by atoms with van der Waals surface area (Å²) >= 11 is 1.70. The van der Waals surface area contributed by atoms with Crippen LogP contribution in [-0.2, 0) is 0 Å². The fourth-order valence-electron chi connectivity index (χ4n) is 1.92. The van der Waals surface area contributed by atoms with E-state index < -0.39 is 0 Å². The summed E-state index contributed by atoms with van der Waals surface area (Å²) in [6.07, 6.45) is 1.92. The molecule has 0 bridgehead atoms. The van der Waals surface area contributed by atoms with E-state index in [0.29, 0.717) is 5.92 Å². The van der Waals surface area contributed by atoms with Gasteiger partial charge in [0.05, 0.1) is 17.0 Å². The molecule has 2 nitrogen and oxygen atoms in total. The van der Waals surface area contributed by atoms with Gasteiger partial charge in [0, 0.05) is 11.8 Å². The Hall–Kier alpha value is -1.35. The van der Waals surface area contributed by atoms with Crippen molar-refractivity contribution in [2.45, 2.75) is 40.5 Å². The molecular formula is C16H23NOS. The zero-order valence-electron chi connectivity index (χ0n) is 12.7. The molecule has 0 aliphatic heterocycles. The van der Waals surface area contributed by atoms with Gasteiger partial charge < -0.3 is 4.74 Å². The highest BCUT2D eigenvalue weighted by molar-refractivity contribution is 7.15. The third kappa shape index (κ3) is 3.57. The van der Waals surface area contributed by atoms with Crippen molar-refractivity contribution >= 4 is 11.3 Å². The second-order valence-corrected chi connectivity index (χ2v) is 5.56. The molecule has 0 saturated carbocycles. The lowest BCUT2D eigenvalue weighted by molar-refractivity contribution is 0.409. The smallest absolute Gasteiger partial charge is 0.131 e. The molecule has 0 aliphatic rings. The summed E-state index contributed by atoms with van der Waals surface area (Å²) in [5.74, 6) is 1.44. The summed E-state index contributed by atoms with van der Waals surface area (Å²) in [4.78, 5) is 5.47. The summed E-state index contributed by atoms with van der Waals surface area (Å²) in [6.45, 7) is 10.4. The minimum absolute atomic E-state index is 0.457. The van der Waals surface area contributed by atoms with Crippen LogP contribution in [0.4, 0.5) is 0 Å². The Bertz CT molecular complexity index is 517. The van der Waals surface area contributed by atoms with E-state index in [0.717, 1.165) is 16.3 Å². The van der Waals surface area contributed by atoms with E-state index in [4.69, 9.17) is 4.74 Å². The van der Waals surface area contributed by atoms with Gasteiger partial charge in [-0.1, -0.05) is 39.8 Å². The summed E-state index contributed by atoms with van der Waals surface area (Å²) in [5.41, 5.74) is 2.39. The zero-order chi connectivity index (χ0) is 14.4. The Kier molecular flexibility index (Phi) is 6.03. The molecule has 0 fully saturated rings. The Morgan fingerprint density at radius 3 is 2.37 bits per heavy atom. The number of ether oxygens (including phenoxy) is 1. The highest BCUT2D eigenvalue weighted by atomic mass is 32.1. The zero-order valence-corrected chi connectivity index (χ0v) is 13.5. The second kappa shape index (κ2) is 7.29. The van der Waals surface area contributed by atoms with E-state index in [2.05, 4.69) is 37.0 Å². The highest BCUT2D eigenvalue weighted by Gasteiger charge is 2.14. The molecule has 3 heteroatoms. The molecule has 1 aromatic heterocycles. The number of nitrogens with zero attached hydrogens (tertiary/aromatic N) is 1. The van der Waals surface area contributed by atoms with Crippen LogP contribution < -0.4 is 4.74 Å². The number of benzene rings is 1. The van der Waals surface area contributed by atoms with E-state index in [1.165, 1.54) is 10.4 Å². The molecule has 0 amide bonds. The van der Waals surface area contributed by atoms with Gasteiger partial charge in [-0.2, -0.15) is 0 Å². The van der Waals surface area contributed by atoms with Crippen molar-refractivity contribution in [1.29, 1.82) is 0 Å². The maximum atomic E-state index is 5.58. The predicted molar refractivity (Wildman–Crippen MR) is 84.3 cm³/mol. The molecule has 1 heterocycles. The molecular weight excluding hydrogens is 254 g/mol. The molecule has 1 aromatic carbocycles. The van der Waals surface area contributed by atoms with Crippen molar-refractivity contribution in [2.24, 2.45) is 0 Å². The topological polar surface area (TPSA) is 22.1 Å². The minimum atomic E-state index is 0.457. The molecule has 0 aliphatic carbocycles. The molecule has 0 N–H and O–H groups in total.